The number of nitrogens with two attached hydrogens (primary N) is 2. The van der Waals surface area contributed by atoms with E-state index in [-0.39, 0.29) is 64.2 Å². The van der Waals surface area contributed by atoms with Gasteiger partial charge < -0.3 is 54.7 Å². The molecule has 0 radical (unpaired) electrons. The van der Waals surface area contributed by atoms with Gasteiger partial charge in [-0.1, -0.05) is 91.0 Å². The number of hydrogen-bond acceptors (Lipinski definition) is 20. The van der Waals surface area contributed by atoms with Gasteiger partial charge in [0.15, 0.2) is 0 Å². The third-order valence-corrected chi connectivity index (χ3v) is 27.3. The summed E-state index contributed by atoms with van der Waals surface area (Å²) in [6, 6.07) is 57.8. The third-order valence-electron chi connectivity index (χ3n) is 24.2. The number of benzene rings is 8. The number of nitrogens with one attached hydrogen (secondary N) is 3. The highest BCUT2D eigenvalue weighted by Crippen LogP contribution is 2.36. The van der Waals surface area contributed by atoms with Crippen LogP contribution in [0.15, 0.2) is 191 Å². The van der Waals surface area contributed by atoms with Gasteiger partial charge in [-0.2, -0.15) is 10.5 Å². The molecule has 7 N–H and O–H groups in total. The van der Waals surface area contributed by atoms with Gasteiger partial charge in [0.1, 0.15) is 45.1 Å². The summed E-state index contributed by atoms with van der Waals surface area (Å²) in [5.74, 6) is -1.30. The van der Waals surface area contributed by atoms with Crippen LogP contribution in [0.4, 0.5) is 54.4 Å². The third kappa shape index (κ3) is 20.7. The first kappa shape index (κ1) is 88.1. The predicted molar refractivity (Wildman–Crippen MR) is 477 cm³/mol. The summed E-state index contributed by atoms with van der Waals surface area (Å²) in [5, 5.41) is 37.0. The van der Waals surface area contributed by atoms with Gasteiger partial charge in [0.25, 0.3) is 17.7 Å². The maximum absolute atomic E-state index is 15.6. The van der Waals surface area contributed by atoms with Crippen molar-refractivity contribution in [1.82, 2.24) is 19.7 Å². The number of aryl methyl sites for hydroxylation is 5. The fraction of sp³-hybridized carbons (Fsp3) is 0.370. The molecule has 25 nitrogen and oxygen atoms in total. The van der Waals surface area contributed by atoms with Crippen molar-refractivity contribution in [1.29, 1.82) is 15.3 Å². The van der Waals surface area contributed by atoms with Crippen molar-refractivity contribution in [3.05, 3.63) is 249 Å². The predicted octanol–water partition coefficient (Wildman–Crippen LogP) is 12.9. The number of aromatic nitrogens is 1. The van der Waals surface area contributed by atoms with E-state index >= 15 is 4.39 Å². The monoisotopic (exact) mass is 1710 g/mol. The zero-order chi connectivity index (χ0) is 86.7. The summed E-state index contributed by atoms with van der Waals surface area (Å²) >= 11 is 0. The Morgan fingerprint density at radius 2 is 0.803 bits per heavy atom. The number of piperazine rings is 3. The van der Waals surface area contributed by atoms with Gasteiger partial charge in [0.05, 0.1) is 59.8 Å². The molecule has 640 valence electrons. The minimum atomic E-state index is -3.93. The standard InChI is InChI=1S/C31H37N7O2S.C31H39N5O3S.C30H31F2N5O3S/c1-22-20-23(2)30(34-25-12-14-36(15-13-25)26-9-5-4-8-24(26)21-32)35-29(22)31(39)38-18-16-37(17-19-38)27-10-6-7-11-28(27)41(3,33)40;1-22-8-4-5-9-28(22)34-14-12-25(13-15-34)33-27-21-26(23(2)20-24(27)3)31(37)36-18-16-35(17-19-36)29-10-6-7-11-30(29)40(32,38)39;31-25-10-9-23(30(38)37-17-15-36(16-18-37)27-7-3-4-8-28(27)41(34,39)40)29(32)24(25)19-21-11-13-35(14-12-21)26-6-2-1-5-22(26)20-33/h4-11,20,25,33H,12-19H2,1-3H3,(H,34,35);4-11,20-21,25,33H,12-19H2,1-3H3,(H2,32,38,39);1-10,21H,11-19H2,(H2,34,39,40)/t41-;;/m1../s1. The number of para-hydroxylation sites is 6. The van der Waals surface area contributed by atoms with Crippen molar-refractivity contribution in [2.24, 2.45) is 16.2 Å². The van der Waals surface area contributed by atoms with E-state index in [2.05, 4.69) is 86.6 Å². The number of nitriles is 2. The van der Waals surface area contributed by atoms with E-state index in [1.807, 2.05) is 113 Å². The highest BCUT2D eigenvalue weighted by atomic mass is 32.2. The molecule has 7 heterocycles. The number of hydrogen-bond donors (Lipinski definition) is 5. The second-order valence-electron chi connectivity index (χ2n) is 32.4. The number of anilines is 8. The van der Waals surface area contributed by atoms with E-state index < -0.39 is 47.3 Å². The van der Waals surface area contributed by atoms with E-state index in [1.54, 1.807) is 48.5 Å². The molecule has 1 atom stereocenters. The molecule has 6 saturated heterocycles. The summed E-state index contributed by atoms with van der Waals surface area (Å²) in [4.78, 5) is 64.0. The molecule has 15 rings (SSSR count). The number of nitrogens with zero attached hydrogens (tertiary/aromatic N) is 12. The lowest BCUT2D eigenvalue weighted by atomic mass is 9.88. The molecule has 122 heavy (non-hydrogen) atoms. The van der Waals surface area contributed by atoms with E-state index in [1.165, 1.54) is 40.6 Å². The molecule has 0 bridgehead atoms. The number of piperidine rings is 3. The molecule has 30 heteroatoms. The highest BCUT2D eigenvalue weighted by Gasteiger charge is 2.34. The number of amides is 3. The Morgan fingerprint density at radius 3 is 1.26 bits per heavy atom. The lowest BCUT2D eigenvalue weighted by molar-refractivity contribution is 0.0733. The molecule has 6 aliphatic heterocycles. The average molecular weight is 1710 g/mol. The summed E-state index contributed by atoms with van der Waals surface area (Å²) in [7, 11) is -10.6. The lowest BCUT2D eigenvalue weighted by Crippen LogP contribution is -2.49. The van der Waals surface area contributed by atoms with Gasteiger partial charge in [-0.05, 0) is 198 Å². The van der Waals surface area contributed by atoms with Gasteiger partial charge in [0.2, 0.25) is 20.0 Å². The molecule has 0 spiro atoms. The van der Waals surface area contributed by atoms with Gasteiger partial charge in [-0.3, -0.25) is 14.4 Å². The number of sulfonamides is 2. The molecule has 1 aromatic heterocycles. The lowest BCUT2D eigenvalue weighted by Gasteiger charge is -2.37. The van der Waals surface area contributed by atoms with Crippen LogP contribution in [-0.2, 0) is 36.2 Å². The summed E-state index contributed by atoms with van der Waals surface area (Å²) in [6.45, 7) is 20.7. The van der Waals surface area contributed by atoms with Crippen molar-refractivity contribution in [3.63, 3.8) is 0 Å². The Morgan fingerprint density at radius 1 is 0.426 bits per heavy atom. The van der Waals surface area contributed by atoms with Gasteiger partial charge in [-0.15, -0.1) is 0 Å². The van der Waals surface area contributed by atoms with Crippen LogP contribution in [0.1, 0.15) is 114 Å². The fourth-order valence-electron chi connectivity index (χ4n) is 17.4. The largest absolute Gasteiger partial charge is 0.382 e. The van der Waals surface area contributed by atoms with E-state index in [9.17, 15) is 50.3 Å². The first-order chi connectivity index (χ1) is 58.4. The van der Waals surface area contributed by atoms with Crippen molar-refractivity contribution >= 4 is 93.1 Å². The van der Waals surface area contributed by atoms with Crippen molar-refractivity contribution < 1.29 is 44.2 Å². The van der Waals surface area contributed by atoms with Crippen LogP contribution >= 0.6 is 0 Å². The van der Waals surface area contributed by atoms with E-state index in [0.717, 1.165) is 109 Å². The van der Waals surface area contributed by atoms with Crippen LogP contribution < -0.4 is 50.3 Å². The van der Waals surface area contributed by atoms with Crippen LogP contribution in [-0.4, -0.2) is 195 Å². The summed E-state index contributed by atoms with van der Waals surface area (Å²) < 4.78 is 99.2. The van der Waals surface area contributed by atoms with E-state index in [0.29, 0.717) is 136 Å². The minimum absolute atomic E-state index is 0.00843. The highest BCUT2D eigenvalue weighted by molar-refractivity contribution is 7.92. The Bertz CT molecular complexity index is 5680. The van der Waals surface area contributed by atoms with Crippen LogP contribution in [0.3, 0.4) is 0 Å². The Labute approximate surface area is 715 Å². The van der Waals surface area contributed by atoms with Crippen LogP contribution in [0.5, 0.6) is 0 Å². The SMILES string of the molecule is Cc1cc(C)c(C(=O)N2CCN(c3ccccc3S(N)(=O)=O)CC2)cc1NC1CCN(c2ccccc2C)CC1.Cc1cc(C)c(C(=O)N2CCN(c3ccccc3[S@](C)(=N)=O)CC2)nc1NC1CCN(c2ccccc2C#N)CC1.N#Cc1ccccc1N1CCC(Cc2c(F)ccc(C(=O)N3CCN(c4ccccc4S(N)(=O)=O)CC3)c2F)CC1. The molecular formula is C92H107F2N17O8S3. The average Bonchev–Trinajstić information content (AvgIpc) is 0.795. The van der Waals surface area contributed by atoms with Crippen molar-refractivity contribution in [2.45, 2.75) is 106 Å². The molecule has 9 aromatic rings. The zero-order valence-corrected chi connectivity index (χ0v) is 72.4. The normalized spacial score (nSPS) is 16.9. The Kier molecular flexibility index (Phi) is 27.9. The minimum Gasteiger partial charge on any atom is -0.382 e. The molecule has 6 aliphatic rings. The van der Waals surface area contributed by atoms with Crippen LogP contribution in [0, 0.1) is 79.6 Å². The summed E-state index contributed by atoms with van der Waals surface area (Å²) in [6.07, 6.45) is 6.93. The smallest absolute Gasteiger partial charge is 0.272 e. The first-order valence-electron chi connectivity index (χ1n) is 41.5. The number of carbonyl (C=O) groups excluding carboxylic acids is 3. The van der Waals surface area contributed by atoms with E-state index in [4.69, 9.17) is 20.0 Å². The summed E-state index contributed by atoms with van der Waals surface area (Å²) in [5.41, 5.74) is 13.5. The number of primary sulfonamides is 2. The number of halogens is 2. The molecule has 3 amide bonds. The fourth-order valence-corrected chi connectivity index (χ4v) is 19.9. The molecule has 0 saturated carbocycles. The molecule has 6 fully saturated rings. The Hall–Kier alpha value is -11.7. The maximum Gasteiger partial charge on any atom is 0.272 e. The molecule has 0 aliphatic carbocycles. The molecule has 0 unspecified atom stereocenters. The van der Waals surface area contributed by atoms with Crippen LogP contribution in [0.25, 0.3) is 0 Å². The van der Waals surface area contributed by atoms with Crippen molar-refractivity contribution in [2.75, 3.05) is 164 Å². The zero-order valence-electron chi connectivity index (χ0n) is 69.9. The Balaban J connectivity index is 0.000000158. The van der Waals surface area contributed by atoms with Crippen molar-refractivity contribution in [3.8, 4) is 12.1 Å². The quantitative estimate of drug-likeness (QED) is 0.0533. The second kappa shape index (κ2) is 38.6. The second-order valence-corrected chi connectivity index (χ2v) is 37.5. The molecule has 8 aromatic carbocycles. The number of rotatable bonds is 18. The molecular weight excluding hydrogens is 1610 g/mol. The first-order valence-corrected chi connectivity index (χ1v) is 46.6. The number of carbonyl (C=O) groups is 3. The number of pyridine rings is 1. The van der Waals surface area contributed by atoms with Crippen LogP contribution in [0.2, 0.25) is 0 Å². The van der Waals surface area contributed by atoms with Gasteiger partial charge in [-0.25, -0.2) is 49.9 Å². The van der Waals surface area contributed by atoms with Gasteiger partial charge >= 0.3 is 0 Å². The van der Waals surface area contributed by atoms with Gasteiger partial charge in [0, 0.05) is 159 Å². The maximum atomic E-state index is 15.6. The topological polar surface area (TPSA) is 326 Å².